The molecule has 0 aliphatic heterocycles. The van der Waals surface area contributed by atoms with Crippen molar-refractivity contribution in [3.05, 3.63) is 56.7 Å². The number of unbranched alkanes of at least 4 members (excludes halogenated alkanes) is 1. The van der Waals surface area contributed by atoms with E-state index in [1.54, 1.807) is 15.9 Å². The Morgan fingerprint density at radius 2 is 1.97 bits per heavy atom. The number of rotatable bonds is 7. The fourth-order valence-electron chi connectivity index (χ4n) is 4.22. The van der Waals surface area contributed by atoms with Gasteiger partial charge < -0.3 is 0 Å². The quantitative estimate of drug-likeness (QED) is 0.299. The number of aromatic nitrogens is 4. The molecule has 0 saturated heterocycles. The van der Waals surface area contributed by atoms with E-state index in [2.05, 4.69) is 17.1 Å². The molecule has 6 nitrogen and oxygen atoms in total. The molecular formula is C23H24N4O2S2. The van der Waals surface area contributed by atoms with Crippen LogP contribution in [0.2, 0.25) is 0 Å². The third-order valence-electron chi connectivity index (χ3n) is 5.84. The van der Waals surface area contributed by atoms with Crippen LogP contribution in [-0.2, 0) is 19.4 Å². The number of carbonyl (C=O) groups excluding carboxylic acids is 1. The number of carbonyl (C=O) groups is 1. The van der Waals surface area contributed by atoms with Gasteiger partial charge in [0.05, 0.1) is 11.1 Å². The molecule has 0 atom stereocenters. The van der Waals surface area contributed by atoms with E-state index in [-0.39, 0.29) is 17.1 Å². The Balaban J connectivity index is 1.62. The normalized spacial score (nSPS) is 13.7. The van der Waals surface area contributed by atoms with Gasteiger partial charge in [-0.3, -0.25) is 14.2 Å². The lowest BCUT2D eigenvalue weighted by atomic mass is 9.97. The van der Waals surface area contributed by atoms with Crippen LogP contribution < -0.4 is 5.56 Å². The molecule has 4 aromatic rings. The van der Waals surface area contributed by atoms with Crippen molar-refractivity contribution in [3.63, 3.8) is 0 Å². The largest absolute Gasteiger partial charge is 0.293 e. The molecule has 0 saturated carbocycles. The van der Waals surface area contributed by atoms with Crippen LogP contribution in [0.5, 0.6) is 0 Å². The number of nitrogens with zero attached hydrogens (tertiary/aromatic N) is 4. The van der Waals surface area contributed by atoms with Crippen molar-refractivity contribution in [2.75, 3.05) is 5.75 Å². The molecule has 1 aromatic carbocycles. The monoisotopic (exact) mass is 452 g/mol. The van der Waals surface area contributed by atoms with E-state index in [4.69, 9.17) is 0 Å². The van der Waals surface area contributed by atoms with Gasteiger partial charge in [0.1, 0.15) is 4.83 Å². The lowest BCUT2D eigenvalue weighted by Gasteiger charge is -2.11. The molecule has 31 heavy (non-hydrogen) atoms. The maximum absolute atomic E-state index is 13.5. The molecule has 3 heterocycles. The number of ketones is 1. The van der Waals surface area contributed by atoms with E-state index in [0.29, 0.717) is 23.0 Å². The summed E-state index contributed by atoms with van der Waals surface area (Å²) >= 11 is 3.09. The van der Waals surface area contributed by atoms with Crippen molar-refractivity contribution in [2.24, 2.45) is 0 Å². The van der Waals surface area contributed by atoms with Gasteiger partial charge in [0, 0.05) is 17.0 Å². The third kappa shape index (κ3) is 3.61. The number of thioether (sulfide) groups is 1. The van der Waals surface area contributed by atoms with Crippen LogP contribution in [0, 0.1) is 0 Å². The molecule has 8 heteroatoms. The van der Waals surface area contributed by atoms with Crippen molar-refractivity contribution in [2.45, 2.75) is 57.1 Å². The molecule has 5 rings (SSSR count). The van der Waals surface area contributed by atoms with Crippen molar-refractivity contribution in [3.8, 4) is 0 Å². The van der Waals surface area contributed by atoms with Gasteiger partial charge in [0.2, 0.25) is 5.78 Å². The summed E-state index contributed by atoms with van der Waals surface area (Å²) in [5.74, 6) is 0.924. The Labute approximate surface area is 188 Å². The maximum Gasteiger partial charge on any atom is 0.263 e. The van der Waals surface area contributed by atoms with Crippen LogP contribution >= 0.6 is 23.1 Å². The first-order valence-electron chi connectivity index (χ1n) is 10.8. The van der Waals surface area contributed by atoms with Gasteiger partial charge in [-0.1, -0.05) is 55.4 Å². The maximum atomic E-state index is 13.5. The van der Waals surface area contributed by atoms with Gasteiger partial charge in [0.25, 0.3) is 5.56 Å². The van der Waals surface area contributed by atoms with E-state index in [1.165, 1.54) is 28.6 Å². The molecule has 0 fully saturated rings. The second-order valence-electron chi connectivity index (χ2n) is 7.90. The molecule has 1 aliphatic rings. The second-order valence-corrected chi connectivity index (χ2v) is 9.92. The summed E-state index contributed by atoms with van der Waals surface area (Å²) in [7, 11) is 0. The first kappa shape index (κ1) is 20.5. The minimum atomic E-state index is 0.0552. The summed E-state index contributed by atoms with van der Waals surface area (Å²) in [4.78, 5) is 28.3. The van der Waals surface area contributed by atoms with Crippen molar-refractivity contribution in [1.82, 2.24) is 19.2 Å². The summed E-state index contributed by atoms with van der Waals surface area (Å²) in [5.41, 5.74) is 1.97. The average Bonchev–Trinajstić information content (AvgIpc) is 3.39. The molecule has 160 valence electrons. The highest BCUT2D eigenvalue weighted by atomic mass is 32.2. The SMILES string of the molecule is CCCCn1c(=O)c2c3c(sc2n2c(SCC(=O)c4ccccc4)nnc12)CCCC3. The lowest BCUT2D eigenvalue weighted by molar-refractivity contribution is 0.102. The van der Waals surface area contributed by atoms with Crippen LogP contribution in [-0.4, -0.2) is 30.7 Å². The second kappa shape index (κ2) is 8.59. The highest BCUT2D eigenvalue weighted by molar-refractivity contribution is 7.99. The number of Topliss-reactive ketones (excluding diaryl/α,β-unsaturated/α-hetero) is 1. The zero-order chi connectivity index (χ0) is 21.4. The van der Waals surface area contributed by atoms with Gasteiger partial charge in [0.15, 0.2) is 10.9 Å². The molecule has 0 bridgehead atoms. The predicted molar refractivity (Wildman–Crippen MR) is 126 cm³/mol. The molecule has 1 aliphatic carbocycles. The molecule has 0 unspecified atom stereocenters. The molecule has 0 radical (unpaired) electrons. The van der Waals surface area contributed by atoms with Gasteiger partial charge in [-0.05, 0) is 37.7 Å². The Bertz CT molecular complexity index is 1320. The number of fused-ring (bicyclic) bond motifs is 5. The Kier molecular flexibility index (Phi) is 5.67. The summed E-state index contributed by atoms with van der Waals surface area (Å²) < 4.78 is 3.79. The number of benzene rings is 1. The lowest BCUT2D eigenvalue weighted by Crippen LogP contribution is -2.24. The first-order chi connectivity index (χ1) is 15.2. The highest BCUT2D eigenvalue weighted by Crippen LogP contribution is 2.36. The summed E-state index contributed by atoms with van der Waals surface area (Å²) in [6.07, 6.45) is 6.19. The number of hydrogen-bond acceptors (Lipinski definition) is 6. The minimum absolute atomic E-state index is 0.0552. The van der Waals surface area contributed by atoms with Crippen LogP contribution in [0.25, 0.3) is 16.0 Å². The third-order valence-corrected chi connectivity index (χ3v) is 8.04. The van der Waals surface area contributed by atoms with Crippen LogP contribution in [0.1, 0.15) is 53.4 Å². The molecule has 0 amide bonds. The van der Waals surface area contributed by atoms with Gasteiger partial charge in [-0.25, -0.2) is 4.40 Å². The molecule has 0 spiro atoms. The van der Waals surface area contributed by atoms with Crippen molar-refractivity contribution < 1.29 is 4.79 Å². The van der Waals surface area contributed by atoms with Crippen molar-refractivity contribution >= 4 is 44.9 Å². The first-order valence-corrected chi connectivity index (χ1v) is 12.6. The van der Waals surface area contributed by atoms with Crippen LogP contribution in [0.4, 0.5) is 0 Å². The highest BCUT2D eigenvalue weighted by Gasteiger charge is 2.25. The number of hydrogen-bond donors (Lipinski definition) is 0. The Morgan fingerprint density at radius 3 is 2.77 bits per heavy atom. The summed E-state index contributed by atoms with van der Waals surface area (Å²) in [6.45, 7) is 2.75. The minimum Gasteiger partial charge on any atom is -0.293 e. The molecule has 0 N–H and O–H groups in total. The van der Waals surface area contributed by atoms with E-state index < -0.39 is 0 Å². The van der Waals surface area contributed by atoms with E-state index in [0.717, 1.165) is 42.3 Å². The topological polar surface area (TPSA) is 69.3 Å². The van der Waals surface area contributed by atoms with E-state index >= 15 is 0 Å². The van der Waals surface area contributed by atoms with Crippen molar-refractivity contribution in [1.29, 1.82) is 0 Å². The smallest absolute Gasteiger partial charge is 0.263 e. The number of aryl methyl sites for hydroxylation is 3. The van der Waals surface area contributed by atoms with Crippen LogP contribution in [0.15, 0.2) is 40.3 Å². The molecular weight excluding hydrogens is 428 g/mol. The Morgan fingerprint density at radius 1 is 1.16 bits per heavy atom. The van der Waals surface area contributed by atoms with Crippen LogP contribution in [0.3, 0.4) is 0 Å². The van der Waals surface area contributed by atoms with Gasteiger partial charge in [-0.15, -0.1) is 21.5 Å². The zero-order valence-electron chi connectivity index (χ0n) is 17.5. The summed E-state index contributed by atoms with van der Waals surface area (Å²) in [5, 5.41) is 10.3. The number of thiophene rings is 1. The zero-order valence-corrected chi connectivity index (χ0v) is 19.1. The van der Waals surface area contributed by atoms with E-state index in [9.17, 15) is 9.59 Å². The van der Waals surface area contributed by atoms with Gasteiger partial charge >= 0.3 is 0 Å². The summed E-state index contributed by atoms with van der Waals surface area (Å²) in [6, 6.07) is 9.31. The predicted octanol–water partition coefficient (Wildman–Crippen LogP) is 4.76. The fourth-order valence-corrected chi connectivity index (χ4v) is 6.48. The molecule has 3 aromatic heterocycles. The standard InChI is InChI=1S/C23H24N4O2S2/c1-2-3-13-26-20(29)19-16-11-7-8-12-18(16)31-21(19)27-22(26)24-25-23(27)30-14-17(28)15-9-5-4-6-10-15/h4-6,9-10H,2-3,7-8,11-14H2,1H3. The van der Waals surface area contributed by atoms with E-state index in [1.807, 2.05) is 34.7 Å². The average molecular weight is 453 g/mol. The fraction of sp³-hybridized carbons (Fsp3) is 0.391. The Hall–Kier alpha value is -2.45. The van der Waals surface area contributed by atoms with Gasteiger partial charge in [-0.2, -0.15) is 0 Å².